The molecule has 1 aliphatic heterocycles. The minimum absolute atomic E-state index is 0.280. The Morgan fingerprint density at radius 1 is 0.760 bits per heavy atom. The molecule has 0 unspecified atom stereocenters. The summed E-state index contributed by atoms with van der Waals surface area (Å²) in [6, 6.07) is 0. The lowest BCUT2D eigenvalue weighted by atomic mass is 9.98. The van der Waals surface area contributed by atoms with E-state index in [0.29, 0.717) is 0 Å². The Kier molecular flexibility index (Phi) is 7.78. The van der Waals surface area contributed by atoms with Crippen LogP contribution in [0, 0.1) is 0 Å². The smallest absolute Gasteiger partial charge is 0.303 e. The third-order valence-corrected chi connectivity index (χ3v) is 3.18. The molecule has 10 nitrogen and oxygen atoms in total. The van der Waals surface area contributed by atoms with E-state index in [4.69, 9.17) is 28.4 Å². The molecule has 0 N–H and O–H groups in total. The minimum Gasteiger partial charge on any atom is -0.463 e. The lowest BCUT2D eigenvalue weighted by molar-refractivity contribution is -0.302. The minimum atomic E-state index is -1.20. The van der Waals surface area contributed by atoms with E-state index in [9.17, 15) is 19.2 Å². The van der Waals surface area contributed by atoms with E-state index in [1.165, 1.54) is 14.0 Å². The summed E-state index contributed by atoms with van der Waals surface area (Å²) in [5, 5.41) is 0. The van der Waals surface area contributed by atoms with Gasteiger partial charge in [-0.1, -0.05) is 0 Å². The highest BCUT2D eigenvalue weighted by Crippen LogP contribution is 2.29. The third kappa shape index (κ3) is 6.31. The zero-order chi connectivity index (χ0) is 19.1. The number of methoxy groups -OCH3 is 1. The first-order valence-corrected chi connectivity index (χ1v) is 7.49. The quantitative estimate of drug-likeness (QED) is 0.460. The van der Waals surface area contributed by atoms with Gasteiger partial charge in [0.25, 0.3) is 0 Å². The third-order valence-electron chi connectivity index (χ3n) is 3.18. The van der Waals surface area contributed by atoms with Gasteiger partial charge in [-0.3, -0.25) is 19.2 Å². The van der Waals surface area contributed by atoms with Gasteiger partial charge in [-0.05, 0) is 0 Å². The molecule has 1 rings (SSSR count). The van der Waals surface area contributed by atoms with Gasteiger partial charge in [-0.2, -0.15) is 0 Å². The number of hydrogen-bond acceptors (Lipinski definition) is 10. The number of carbonyl (C=O) groups excluding carboxylic acids is 4. The molecule has 10 heteroatoms. The monoisotopic (exact) mass is 362 g/mol. The highest BCUT2D eigenvalue weighted by Gasteiger charge is 2.52. The highest BCUT2D eigenvalue weighted by molar-refractivity contribution is 5.68. The van der Waals surface area contributed by atoms with Crippen molar-refractivity contribution >= 4 is 23.9 Å². The molecule has 0 spiro atoms. The molecular weight excluding hydrogens is 340 g/mol. The Labute approximate surface area is 144 Å². The molecule has 142 valence electrons. The van der Waals surface area contributed by atoms with Crippen LogP contribution in [0.2, 0.25) is 0 Å². The fraction of sp³-hybridized carbons (Fsp3) is 0.733. The summed E-state index contributed by atoms with van der Waals surface area (Å²) in [6.45, 7) is 4.37. The van der Waals surface area contributed by atoms with Crippen LogP contribution in [0.4, 0.5) is 0 Å². The molecule has 0 aromatic rings. The summed E-state index contributed by atoms with van der Waals surface area (Å²) in [6.07, 6.45) is -5.67. The molecule has 25 heavy (non-hydrogen) atoms. The summed E-state index contributed by atoms with van der Waals surface area (Å²) in [4.78, 5) is 45.4. The number of carbonyl (C=O) groups is 4. The molecule has 0 aromatic heterocycles. The van der Waals surface area contributed by atoms with Crippen molar-refractivity contribution in [2.45, 2.75) is 58.4 Å². The molecule has 0 aromatic carbocycles. The number of hydrogen-bond donors (Lipinski definition) is 0. The Bertz CT molecular complexity index is 516. The van der Waals surface area contributed by atoms with Crippen molar-refractivity contribution in [1.29, 1.82) is 0 Å². The van der Waals surface area contributed by atoms with E-state index in [-0.39, 0.29) is 6.61 Å². The predicted molar refractivity (Wildman–Crippen MR) is 79.0 cm³/mol. The summed E-state index contributed by atoms with van der Waals surface area (Å²) >= 11 is 0. The molecule has 1 saturated heterocycles. The van der Waals surface area contributed by atoms with Gasteiger partial charge in [0.05, 0.1) is 0 Å². The Morgan fingerprint density at radius 2 is 1.24 bits per heavy atom. The second kappa shape index (κ2) is 9.33. The van der Waals surface area contributed by atoms with Crippen molar-refractivity contribution in [2.24, 2.45) is 0 Å². The van der Waals surface area contributed by atoms with Crippen LogP contribution < -0.4 is 0 Å². The van der Waals surface area contributed by atoms with Crippen LogP contribution in [-0.4, -0.2) is 68.3 Å². The fourth-order valence-electron chi connectivity index (χ4n) is 2.38. The summed E-state index contributed by atoms with van der Waals surface area (Å²) < 4.78 is 31.1. The van der Waals surface area contributed by atoms with E-state index >= 15 is 0 Å². The van der Waals surface area contributed by atoms with Crippen LogP contribution in [0.3, 0.4) is 0 Å². The van der Waals surface area contributed by atoms with Crippen molar-refractivity contribution < 1.29 is 47.6 Å². The van der Waals surface area contributed by atoms with Gasteiger partial charge in [0.1, 0.15) is 12.7 Å². The lowest BCUT2D eigenvalue weighted by Gasteiger charge is -2.43. The van der Waals surface area contributed by atoms with Gasteiger partial charge in [-0.25, -0.2) is 0 Å². The zero-order valence-electron chi connectivity index (χ0n) is 14.7. The standard InChI is InChI=1S/C15H22O10/c1-7(16)21-6-11-12(22-8(2)17)13(23-9(3)18)14(24-10(4)19)15(20-5)25-11/h11-15H,6H2,1-5H3/t11-,12-,13+,14-,15+/m1/s1. The van der Waals surface area contributed by atoms with E-state index in [0.717, 1.165) is 20.8 Å². The van der Waals surface area contributed by atoms with Crippen LogP contribution in [0.15, 0.2) is 0 Å². The number of rotatable bonds is 6. The first-order valence-electron chi connectivity index (χ1n) is 7.49. The van der Waals surface area contributed by atoms with E-state index < -0.39 is 54.6 Å². The average Bonchev–Trinajstić information content (AvgIpc) is 2.48. The molecule has 5 atom stereocenters. The molecule has 0 saturated carbocycles. The SMILES string of the molecule is CO[C@H]1O[C@H](COC(C)=O)[C@@H](OC(C)=O)[C@H](OC(C)=O)[C@H]1OC(C)=O. The Balaban J connectivity index is 3.18. The van der Waals surface area contributed by atoms with Crippen LogP contribution in [-0.2, 0) is 47.6 Å². The molecule has 1 aliphatic rings. The van der Waals surface area contributed by atoms with Gasteiger partial charge < -0.3 is 28.4 Å². The number of esters is 4. The Hall–Kier alpha value is -2.20. The van der Waals surface area contributed by atoms with Crippen molar-refractivity contribution in [3.63, 3.8) is 0 Å². The van der Waals surface area contributed by atoms with Crippen molar-refractivity contribution in [3.05, 3.63) is 0 Å². The zero-order valence-corrected chi connectivity index (χ0v) is 14.7. The van der Waals surface area contributed by atoms with Gasteiger partial charge in [-0.15, -0.1) is 0 Å². The van der Waals surface area contributed by atoms with Gasteiger partial charge in [0, 0.05) is 34.8 Å². The lowest BCUT2D eigenvalue weighted by Crippen LogP contribution is -2.62. The maximum absolute atomic E-state index is 11.5. The number of ether oxygens (including phenoxy) is 6. The second-order valence-corrected chi connectivity index (χ2v) is 5.30. The fourth-order valence-corrected chi connectivity index (χ4v) is 2.38. The normalized spacial score (nSPS) is 28.6. The topological polar surface area (TPSA) is 124 Å². The van der Waals surface area contributed by atoms with E-state index in [1.807, 2.05) is 0 Å². The molecular formula is C15H22O10. The molecule has 0 aliphatic carbocycles. The van der Waals surface area contributed by atoms with Gasteiger partial charge in [0.15, 0.2) is 24.6 Å². The highest BCUT2D eigenvalue weighted by atomic mass is 16.7. The van der Waals surface area contributed by atoms with Crippen LogP contribution in [0.25, 0.3) is 0 Å². The van der Waals surface area contributed by atoms with Crippen LogP contribution in [0.1, 0.15) is 27.7 Å². The summed E-state index contributed by atoms with van der Waals surface area (Å²) in [5.41, 5.74) is 0. The first kappa shape index (κ1) is 20.8. The average molecular weight is 362 g/mol. The molecule has 0 amide bonds. The van der Waals surface area contributed by atoms with E-state index in [2.05, 4.69) is 0 Å². The van der Waals surface area contributed by atoms with Crippen molar-refractivity contribution in [3.8, 4) is 0 Å². The van der Waals surface area contributed by atoms with E-state index in [1.54, 1.807) is 0 Å². The molecule has 1 fully saturated rings. The molecule has 1 heterocycles. The van der Waals surface area contributed by atoms with Crippen LogP contribution >= 0.6 is 0 Å². The van der Waals surface area contributed by atoms with Crippen molar-refractivity contribution in [1.82, 2.24) is 0 Å². The molecule has 0 bridgehead atoms. The van der Waals surface area contributed by atoms with Gasteiger partial charge in [0.2, 0.25) is 0 Å². The van der Waals surface area contributed by atoms with Crippen LogP contribution in [0.5, 0.6) is 0 Å². The Morgan fingerprint density at radius 3 is 1.68 bits per heavy atom. The summed E-state index contributed by atoms with van der Waals surface area (Å²) in [7, 11) is 1.29. The largest absolute Gasteiger partial charge is 0.463 e. The second-order valence-electron chi connectivity index (χ2n) is 5.30. The van der Waals surface area contributed by atoms with Gasteiger partial charge >= 0.3 is 23.9 Å². The summed E-state index contributed by atoms with van der Waals surface area (Å²) in [5.74, 6) is -2.63. The van der Waals surface area contributed by atoms with Crippen molar-refractivity contribution in [2.75, 3.05) is 13.7 Å². The maximum Gasteiger partial charge on any atom is 0.303 e. The molecule has 0 radical (unpaired) electrons. The maximum atomic E-state index is 11.5. The first-order chi connectivity index (χ1) is 11.6. The predicted octanol–water partition coefficient (Wildman–Crippen LogP) is -0.284.